The van der Waals surface area contributed by atoms with E-state index >= 15 is 0 Å². The molecule has 0 spiro atoms. The summed E-state index contributed by atoms with van der Waals surface area (Å²) in [6.45, 7) is 0.808. The molecule has 0 saturated carbocycles. The van der Waals surface area contributed by atoms with Crippen molar-refractivity contribution < 1.29 is 19.5 Å². The number of hydrogen-bond acceptors (Lipinski definition) is 6. The van der Waals surface area contributed by atoms with Gasteiger partial charge in [0.1, 0.15) is 0 Å². The molecule has 1 aliphatic rings. The average molecular weight is 511 g/mol. The summed E-state index contributed by atoms with van der Waals surface area (Å²) >= 11 is 0. The lowest BCUT2D eigenvalue weighted by atomic mass is 10.0. The molecule has 2 unspecified atom stereocenters. The van der Waals surface area contributed by atoms with Gasteiger partial charge in [-0.05, 0) is 41.8 Å². The molecule has 3 heterocycles. The molecule has 0 saturated heterocycles. The first-order chi connectivity index (χ1) is 18.4. The van der Waals surface area contributed by atoms with Gasteiger partial charge in [-0.3, -0.25) is 14.4 Å². The van der Waals surface area contributed by atoms with Crippen molar-refractivity contribution >= 4 is 17.7 Å². The molecule has 0 bridgehead atoms. The van der Waals surface area contributed by atoms with E-state index in [1.54, 1.807) is 29.3 Å². The van der Waals surface area contributed by atoms with E-state index in [0.29, 0.717) is 24.3 Å². The normalized spacial score (nSPS) is 14.1. The van der Waals surface area contributed by atoms with Crippen molar-refractivity contribution in [3.05, 3.63) is 113 Å². The van der Waals surface area contributed by atoms with Gasteiger partial charge in [0.2, 0.25) is 5.91 Å². The number of carbonyl (C=O) groups is 3. The number of amides is 3. The van der Waals surface area contributed by atoms with Crippen LogP contribution in [0, 0.1) is 0 Å². The predicted molar refractivity (Wildman–Crippen MR) is 138 cm³/mol. The third-order valence-electron chi connectivity index (χ3n) is 6.43. The number of pyridine rings is 1. The van der Waals surface area contributed by atoms with Crippen LogP contribution in [0.15, 0.2) is 85.2 Å². The number of aromatic nitrogens is 3. The maximum Gasteiger partial charge on any atom is 0.255 e. The Morgan fingerprint density at radius 1 is 1.03 bits per heavy atom. The maximum atomic E-state index is 13.3. The molecule has 0 fully saturated rings. The van der Waals surface area contributed by atoms with Crippen LogP contribution in [0.2, 0.25) is 0 Å². The topological polar surface area (TPSA) is 143 Å². The molecule has 5 rings (SSSR count). The SMILES string of the molecule is NC(=O)C(O)C(Cc1ccccc1)NC(=O)c1cccnc1-n1ccc(CN2Cc3ccccc3C2=O)n1. The van der Waals surface area contributed by atoms with Crippen LogP contribution >= 0.6 is 0 Å². The van der Waals surface area contributed by atoms with Gasteiger partial charge in [-0.1, -0.05) is 48.5 Å². The van der Waals surface area contributed by atoms with Gasteiger partial charge < -0.3 is 21.1 Å². The standard InChI is InChI=1S/C28H26N6O4/c29-25(36)24(35)23(15-18-7-2-1-3-8-18)31-27(37)22-11-6-13-30-26(22)34-14-12-20(32-34)17-33-16-19-9-4-5-10-21(19)28(33)38/h1-14,23-24,35H,15-17H2,(H2,29,36)(H,31,37). The Hall–Kier alpha value is -4.83. The van der Waals surface area contributed by atoms with Crippen molar-refractivity contribution in [3.63, 3.8) is 0 Å². The second-order valence-corrected chi connectivity index (χ2v) is 9.06. The monoisotopic (exact) mass is 510 g/mol. The first-order valence-corrected chi connectivity index (χ1v) is 12.1. The Morgan fingerprint density at radius 2 is 1.79 bits per heavy atom. The highest BCUT2D eigenvalue weighted by Crippen LogP contribution is 2.24. The highest BCUT2D eigenvalue weighted by Gasteiger charge is 2.29. The summed E-state index contributed by atoms with van der Waals surface area (Å²) in [5.41, 5.74) is 8.66. The lowest BCUT2D eigenvalue weighted by molar-refractivity contribution is -0.127. The van der Waals surface area contributed by atoms with E-state index in [2.05, 4.69) is 15.4 Å². The van der Waals surface area contributed by atoms with E-state index in [-0.39, 0.29) is 23.7 Å². The second-order valence-electron chi connectivity index (χ2n) is 9.06. The zero-order chi connectivity index (χ0) is 26.6. The summed E-state index contributed by atoms with van der Waals surface area (Å²) in [6.07, 6.45) is 1.82. The van der Waals surface area contributed by atoms with Crippen LogP contribution in [0.5, 0.6) is 0 Å². The number of carbonyl (C=O) groups excluding carboxylic acids is 3. The van der Waals surface area contributed by atoms with Crippen LogP contribution in [0.4, 0.5) is 0 Å². The fourth-order valence-corrected chi connectivity index (χ4v) is 4.51. The van der Waals surface area contributed by atoms with Gasteiger partial charge in [-0.15, -0.1) is 0 Å². The van der Waals surface area contributed by atoms with Crippen molar-refractivity contribution in [3.8, 4) is 5.82 Å². The number of benzene rings is 2. The predicted octanol–water partition coefficient (Wildman–Crippen LogP) is 1.61. The fraction of sp³-hybridized carbons (Fsp3) is 0.179. The first-order valence-electron chi connectivity index (χ1n) is 12.1. The van der Waals surface area contributed by atoms with E-state index < -0.39 is 24.0 Å². The number of hydrogen-bond donors (Lipinski definition) is 3. The maximum absolute atomic E-state index is 13.3. The lowest BCUT2D eigenvalue weighted by Gasteiger charge is -2.22. The molecule has 4 N–H and O–H groups in total. The molecule has 38 heavy (non-hydrogen) atoms. The molecule has 2 atom stereocenters. The smallest absolute Gasteiger partial charge is 0.255 e. The van der Waals surface area contributed by atoms with Gasteiger partial charge in [0, 0.05) is 24.5 Å². The second kappa shape index (κ2) is 10.7. The third-order valence-corrected chi connectivity index (χ3v) is 6.43. The van der Waals surface area contributed by atoms with E-state index in [0.717, 1.165) is 11.1 Å². The zero-order valence-corrected chi connectivity index (χ0v) is 20.4. The third kappa shape index (κ3) is 5.16. The summed E-state index contributed by atoms with van der Waals surface area (Å²) < 4.78 is 1.47. The van der Waals surface area contributed by atoms with E-state index in [1.807, 2.05) is 54.6 Å². The molecule has 3 amide bonds. The van der Waals surface area contributed by atoms with Gasteiger partial charge in [-0.2, -0.15) is 5.10 Å². The Kier molecular flexibility index (Phi) is 6.96. The van der Waals surface area contributed by atoms with Gasteiger partial charge in [0.05, 0.1) is 23.8 Å². The minimum absolute atomic E-state index is 0.0504. The van der Waals surface area contributed by atoms with Crippen LogP contribution in [0.1, 0.15) is 37.5 Å². The molecule has 1 aliphatic heterocycles. The van der Waals surface area contributed by atoms with Crippen molar-refractivity contribution in [2.75, 3.05) is 0 Å². The summed E-state index contributed by atoms with van der Waals surface area (Å²) in [5.74, 6) is -1.27. The minimum atomic E-state index is -1.59. The summed E-state index contributed by atoms with van der Waals surface area (Å²) in [7, 11) is 0. The molecule has 0 radical (unpaired) electrons. The number of primary amides is 1. The van der Waals surface area contributed by atoms with Gasteiger partial charge in [-0.25, -0.2) is 9.67 Å². The molecule has 4 aromatic rings. The Labute approximate surface area is 218 Å². The van der Waals surface area contributed by atoms with E-state index in [9.17, 15) is 19.5 Å². The van der Waals surface area contributed by atoms with Gasteiger partial charge in [0.15, 0.2) is 11.9 Å². The molecule has 10 nitrogen and oxygen atoms in total. The largest absolute Gasteiger partial charge is 0.381 e. The molecule has 2 aromatic heterocycles. The lowest BCUT2D eigenvalue weighted by Crippen LogP contribution is -2.50. The quantitative estimate of drug-likeness (QED) is 0.312. The van der Waals surface area contributed by atoms with Crippen molar-refractivity contribution in [1.82, 2.24) is 25.0 Å². The highest BCUT2D eigenvalue weighted by atomic mass is 16.3. The molecule has 0 aliphatic carbocycles. The van der Waals surface area contributed by atoms with E-state index in [1.165, 1.54) is 10.9 Å². The van der Waals surface area contributed by atoms with Crippen LogP contribution in [-0.4, -0.2) is 54.6 Å². The number of nitrogens with zero attached hydrogens (tertiary/aromatic N) is 4. The Bertz CT molecular complexity index is 1490. The zero-order valence-electron chi connectivity index (χ0n) is 20.4. The van der Waals surface area contributed by atoms with Crippen LogP contribution < -0.4 is 11.1 Å². The Morgan fingerprint density at radius 3 is 2.55 bits per heavy atom. The number of fused-ring (bicyclic) bond motifs is 1. The average Bonchev–Trinajstić information content (AvgIpc) is 3.53. The molecule has 10 heteroatoms. The van der Waals surface area contributed by atoms with Crippen molar-refractivity contribution in [1.29, 1.82) is 0 Å². The highest BCUT2D eigenvalue weighted by molar-refractivity contribution is 5.98. The Balaban J connectivity index is 1.34. The molecular formula is C28H26N6O4. The first kappa shape index (κ1) is 24.8. The van der Waals surface area contributed by atoms with Crippen LogP contribution in [0.3, 0.4) is 0 Å². The number of nitrogens with one attached hydrogen (secondary N) is 1. The van der Waals surface area contributed by atoms with Crippen LogP contribution in [0.25, 0.3) is 5.82 Å². The number of nitrogens with two attached hydrogens (primary N) is 1. The summed E-state index contributed by atoms with van der Waals surface area (Å²) in [6, 6.07) is 20.7. The van der Waals surface area contributed by atoms with Gasteiger partial charge >= 0.3 is 0 Å². The molecule has 2 aromatic carbocycles. The van der Waals surface area contributed by atoms with Crippen molar-refractivity contribution in [2.45, 2.75) is 31.7 Å². The van der Waals surface area contributed by atoms with E-state index in [4.69, 9.17) is 5.73 Å². The minimum Gasteiger partial charge on any atom is -0.381 e. The summed E-state index contributed by atoms with van der Waals surface area (Å²) in [5, 5.41) is 17.7. The number of aliphatic hydroxyl groups is 1. The summed E-state index contributed by atoms with van der Waals surface area (Å²) in [4.78, 5) is 43.8. The van der Waals surface area contributed by atoms with Crippen molar-refractivity contribution in [2.24, 2.45) is 5.73 Å². The number of aliphatic hydroxyl groups excluding tert-OH is 1. The number of rotatable bonds is 9. The molecule has 192 valence electrons. The van der Waals surface area contributed by atoms with Gasteiger partial charge in [0.25, 0.3) is 11.8 Å². The fourth-order valence-electron chi connectivity index (χ4n) is 4.51. The van der Waals surface area contributed by atoms with Crippen LogP contribution in [-0.2, 0) is 24.3 Å². The molecular weight excluding hydrogens is 484 g/mol.